The molecule has 1 atom stereocenters. The van der Waals surface area contributed by atoms with E-state index in [0.29, 0.717) is 0 Å². The highest BCUT2D eigenvalue weighted by Gasteiger charge is 2.08. The molecule has 0 aliphatic heterocycles. The van der Waals surface area contributed by atoms with Gasteiger partial charge < -0.3 is 5.32 Å². The van der Waals surface area contributed by atoms with Crippen LogP contribution in [0.25, 0.3) is 0 Å². The first kappa shape index (κ1) is 12.7. The second kappa shape index (κ2) is 7.11. The van der Waals surface area contributed by atoms with Gasteiger partial charge in [0.25, 0.3) is 0 Å². The normalized spacial score (nSPS) is 10.8. The van der Waals surface area contributed by atoms with Crippen LogP contribution < -0.4 is 5.32 Å². The zero-order valence-corrected chi connectivity index (χ0v) is 9.33. The molecule has 0 aliphatic rings. The molecule has 0 aliphatic carbocycles. The van der Waals surface area contributed by atoms with Crippen LogP contribution in [0, 0.1) is 18.3 Å². The molecular formula is C12H18N2. The minimum Gasteiger partial charge on any atom is -0.301 e. The summed E-state index contributed by atoms with van der Waals surface area (Å²) in [6, 6.07) is 9.92. The van der Waals surface area contributed by atoms with Crippen molar-refractivity contribution in [2.75, 3.05) is 7.05 Å². The van der Waals surface area contributed by atoms with E-state index in [-0.39, 0.29) is 6.04 Å². The van der Waals surface area contributed by atoms with Crippen molar-refractivity contribution < 1.29 is 0 Å². The number of aryl methyl sites for hydroxylation is 1. The molecule has 0 fully saturated rings. The Hall–Kier alpha value is -1.33. The summed E-state index contributed by atoms with van der Waals surface area (Å²) in [4.78, 5) is 0. The molecule has 0 amide bonds. The van der Waals surface area contributed by atoms with Crippen molar-refractivity contribution in [3.05, 3.63) is 35.4 Å². The Labute approximate surface area is 86.6 Å². The minimum absolute atomic E-state index is 0.189. The van der Waals surface area contributed by atoms with E-state index in [1.54, 1.807) is 7.05 Å². The third-order valence-corrected chi connectivity index (χ3v) is 1.92. The van der Waals surface area contributed by atoms with E-state index < -0.39 is 0 Å². The Morgan fingerprint density at radius 3 is 2.29 bits per heavy atom. The summed E-state index contributed by atoms with van der Waals surface area (Å²) >= 11 is 0. The minimum atomic E-state index is -0.189. The van der Waals surface area contributed by atoms with Crippen LogP contribution in [0.1, 0.15) is 31.0 Å². The van der Waals surface area contributed by atoms with Crippen LogP contribution >= 0.6 is 0 Å². The molecule has 0 spiro atoms. The van der Waals surface area contributed by atoms with Crippen LogP contribution in [-0.4, -0.2) is 7.05 Å². The van der Waals surface area contributed by atoms with Gasteiger partial charge in [-0.15, -0.1) is 0 Å². The van der Waals surface area contributed by atoms with Crippen molar-refractivity contribution in [2.24, 2.45) is 0 Å². The molecule has 0 bridgehead atoms. The first-order chi connectivity index (χ1) is 6.79. The van der Waals surface area contributed by atoms with E-state index in [0.717, 1.165) is 11.1 Å². The molecule has 2 heteroatoms. The van der Waals surface area contributed by atoms with Crippen molar-refractivity contribution in [1.29, 1.82) is 5.26 Å². The van der Waals surface area contributed by atoms with Gasteiger partial charge in [0.2, 0.25) is 0 Å². The third kappa shape index (κ3) is 3.20. The highest BCUT2D eigenvalue weighted by Crippen LogP contribution is 2.15. The molecule has 0 heterocycles. The van der Waals surface area contributed by atoms with Crippen LogP contribution in [0.4, 0.5) is 0 Å². The van der Waals surface area contributed by atoms with E-state index >= 15 is 0 Å². The van der Waals surface area contributed by atoms with Gasteiger partial charge in [-0.1, -0.05) is 38.1 Å². The first-order valence-electron chi connectivity index (χ1n) is 4.92. The average molecular weight is 190 g/mol. The molecule has 1 aromatic rings. The summed E-state index contributed by atoms with van der Waals surface area (Å²) in [6.45, 7) is 6.01. The summed E-state index contributed by atoms with van der Waals surface area (Å²) in [7, 11) is 1.79. The Bertz CT molecular complexity index is 299. The maximum atomic E-state index is 8.79. The molecule has 0 saturated heterocycles. The second-order valence-electron chi connectivity index (χ2n) is 2.71. The maximum Gasteiger partial charge on any atom is 0.121 e. The van der Waals surface area contributed by atoms with Gasteiger partial charge in [0.15, 0.2) is 0 Å². The smallest absolute Gasteiger partial charge is 0.121 e. The van der Waals surface area contributed by atoms with Crippen molar-refractivity contribution in [2.45, 2.75) is 26.8 Å². The van der Waals surface area contributed by atoms with E-state index in [1.165, 1.54) is 0 Å². The lowest BCUT2D eigenvalue weighted by molar-refractivity contribution is 0.722. The average Bonchev–Trinajstić information content (AvgIpc) is 2.25. The largest absolute Gasteiger partial charge is 0.301 e. The van der Waals surface area contributed by atoms with Gasteiger partial charge in [-0.3, -0.25) is 0 Å². The quantitative estimate of drug-likeness (QED) is 0.778. The second-order valence-corrected chi connectivity index (χ2v) is 2.71. The summed E-state index contributed by atoms with van der Waals surface area (Å²) in [6.07, 6.45) is 0. The maximum absolute atomic E-state index is 8.79. The highest BCUT2D eigenvalue weighted by atomic mass is 14.9. The highest BCUT2D eigenvalue weighted by molar-refractivity contribution is 5.31. The predicted octanol–water partition coefficient (Wildman–Crippen LogP) is 2.81. The van der Waals surface area contributed by atoms with Gasteiger partial charge in [0.1, 0.15) is 6.04 Å². The number of rotatable bonds is 2. The van der Waals surface area contributed by atoms with Crippen LogP contribution in [0.15, 0.2) is 24.3 Å². The molecule has 0 saturated carbocycles. The predicted molar refractivity (Wildman–Crippen MR) is 59.9 cm³/mol. The van der Waals surface area contributed by atoms with Crippen molar-refractivity contribution >= 4 is 0 Å². The summed E-state index contributed by atoms with van der Waals surface area (Å²) in [5, 5.41) is 11.7. The van der Waals surface area contributed by atoms with Crippen LogP contribution in [0.2, 0.25) is 0 Å². The number of nitrogens with zero attached hydrogens (tertiary/aromatic N) is 1. The molecule has 0 radical (unpaired) electrons. The van der Waals surface area contributed by atoms with E-state index in [2.05, 4.69) is 11.4 Å². The van der Waals surface area contributed by atoms with E-state index in [9.17, 15) is 0 Å². The fourth-order valence-corrected chi connectivity index (χ4v) is 1.20. The van der Waals surface area contributed by atoms with Gasteiger partial charge in [0.05, 0.1) is 6.07 Å². The van der Waals surface area contributed by atoms with Crippen LogP contribution in [0.5, 0.6) is 0 Å². The number of nitrogens with one attached hydrogen (secondary N) is 1. The lowest BCUT2D eigenvalue weighted by Crippen LogP contribution is -2.14. The number of benzene rings is 1. The van der Waals surface area contributed by atoms with Crippen molar-refractivity contribution in [3.63, 3.8) is 0 Å². The zero-order chi connectivity index (χ0) is 11.0. The molecule has 1 aromatic carbocycles. The number of hydrogen-bond donors (Lipinski definition) is 1. The Kier molecular flexibility index (Phi) is 6.43. The Morgan fingerprint density at radius 2 is 1.86 bits per heavy atom. The van der Waals surface area contributed by atoms with Crippen molar-refractivity contribution in [1.82, 2.24) is 5.32 Å². The number of hydrogen-bond acceptors (Lipinski definition) is 2. The van der Waals surface area contributed by atoms with Gasteiger partial charge in [-0.2, -0.15) is 5.26 Å². The first-order valence-corrected chi connectivity index (χ1v) is 4.92. The van der Waals surface area contributed by atoms with Gasteiger partial charge in [-0.25, -0.2) is 0 Å². The number of nitriles is 1. The molecule has 14 heavy (non-hydrogen) atoms. The Balaban J connectivity index is 0.000000791. The van der Waals surface area contributed by atoms with E-state index in [1.807, 2.05) is 45.0 Å². The SMILES string of the molecule is CC.CNC(C#N)c1ccccc1C. The standard InChI is InChI=1S/C10H12N2.C2H6/c1-8-5-3-4-6-9(8)10(7-11)12-2;1-2/h3-6,10,12H,1-2H3;1-2H3. The molecule has 1 rings (SSSR count). The lowest BCUT2D eigenvalue weighted by atomic mass is 10.0. The van der Waals surface area contributed by atoms with Crippen molar-refractivity contribution in [3.8, 4) is 6.07 Å². The third-order valence-electron chi connectivity index (χ3n) is 1.92. The molecule has 2 nitrogen and oxygen atoms in total. The molecule has 1 unspecified atom stereocenters. The van der Waals surface area contributed by atoms with Crippen LogP contribution in [-0.2, 0) is 0 Å². The monoisotopic (exact) mass is 190 g/mol. The van der Waals surface area contributed by atoms with Gasteiger partial charge in [0, 0.05) is 0 Å². The molecule has 0 aromatic heterocycles. The lowest BCUT2D eigenvalue weighted by Gasteiger charge is -2.10. The fraction of sp³-hybridized carbons (Fsp3) is 0.417. The zero-order valence-electron chi connectivity index (χ0n) is 9.33. The topological polar surface area (TPSA) is 35.8 Å². The van der Waals surface area contributed by atoms with Gasteiger partial charge in [-0.05, 0) is 25.1 Å². The molecule has 76 valence electrons. The summed E-state index contributed by atoms with van der Waals surface area (Å²) < 4.78 is 0. The summed E-state index contributed by atoms with van der Waals surface area (Å²) in [5.74, 6) is 0. The van der Waals surface area contributed by atoms with Crippen LogP contribution in [0.3, 0.4) is 0 Å². The molecule has 1 N–H and O–H groups in total. The molecular weight excluding hydrogens is 172 g/mol. The Morgan fingerprint density at radius 1 is 1.29 bits per heavy atom. The fourth-order valence-electron chi connectivity index (χ4n) is 1.20. The van der Waals surface area contributed by atoms with E-state index in [4.69, 9.17) is 5.26 Å². The van der Waals surface area contributed by atoms with Gasteiger partial charge >= 0.3 is 0 Å². The summed E-state index contributed by atoms with van der Waals surface area (Å²) in [5.41, 5.74) is 2.21.